The van der Waals surface area contributed by atoms with Crippen LogP contribution in [0.4, 0.5) is 4.39 Å². The maximum atomic E-state index is 13.5. The molecule has 1 saturated heterocycles. The lowest BCUT2D eigenvalue weighted by atomic mass is 10.0. The zero-order chi connectivity index (χ0) is 10.9. The van der Waals surface area contributed by atoms with Gasteiger partial charge < -0.3 is 5.11 Å². The fourth-order valence-electron chi connectivity index (χ4n) is 2.04. The fourth-order valence-corrected chi connectivity index (χ4v) is 2.04. The summed E-state index contributed by atoms with van der Waals surface area (Å²) in [7, 11) is 0. The highest BCUT2D eigenvalue weighted by Gasteiger charge is 2.34. The summed E-state index contributed by atoms with van der Waals surface area (Å²) in [5.74, 6) is -0.401. The molecule has 0 unspecified atom stereocenters. The van der Waals surface area contributed by atoms with Crippen molar-refractivity contribution in [2.75, 3.05) is 13.1 Å². The second kappa shape index (κ2) is 3.91. The molecule has 0 aliphatic carbocycles. The van der Waals surface area contributed by atoms with Crippen LogP contribution in [0.5, 0.6) is 0 Å². The third-order valence-corrected chi connectivity index (χ3v) is 2.93. The van der Waals surface area contributed by atoms with Crippen molar-refractivity contribution < 1.29 is 9.50 Å². The number of nitrogens with zero attached hydrogens (tertiary/aromatic N) is 1. The van der Waals surface area contributed by atoms with Gasteiger partial charge in [-0.05, 0) is 25.8 Å². The summed E-state index contributed by atoms with van der Waals surface area (Å²) in [6, 6.07) is 6.26. The van der Waals surface area contributed by atoms with Gasteiger partial charge in [-0.3, -0.25) is 4.90 Å². The lowest BCUT2D eigenvalue weighted by molar-refractivity contribution is -0.0661. The van der Waals surface area contributed by atoms with Gasteiger partial charge in [-0.2, -0.15) is 0 Å². The first-order valence-electron chi connectivity index (χ1n) is 5.20. The summed E-state index contributed by atoms with van der Waals surface area (Å²) >= 11 is 0. The molecule has 2 nitrogen and oxygen atoms in total. The number of rotatable bonds is 2. The zero-order valence-electron chi connectivity index (χ0n) is 8.62. The van der Waals surface area contributed by atoms with E-state index >= 15 is 0 Å². The van der Waals surface area contributed by atoms with E-state index in [9.17, 15) is 9.50 Å². The minimum Gasteiger partial charge on any atom is -0.371 e. The second-order valence-corrected chi connectivity index (χ2v) is 3.99. The number of aliphatic hydroxyl groups is 1. The summed E-state index contributed by atoms with van der Waals surface area (Å²) in [6.45, 7) is 5.27. The maximum absolute atomic E-state index is 13.5. The van der Waals surface area contributed by atoms with E-state index in [4.69, 9.17) is 0 Å². The van der Waals surface area contributed by atoms with Crippen molar-refractivity contribution in [1.82, 2.24) is 4.90 Å². The Labute approximate surface area is 89.3 Å². The normalized spacial score (nSPS) is 21.5. The molecule has 1 aliphatic rings. The molecule has 1 aromatic rings. The average Bonchev–Trinajstić information content (AvgIpc) is 2.71. The van der Waals surface area contributed by atoms with Crippen LogP contribution < -0.4 is 0 Å². The second-order valence-electron chi connectivity index (χ2n) is 3.99. The number of likely N-dealkylation sites (tertiary alicyclic amines) is 1. The molecule has 0 saturated carbocycles. The van der Waals surface area contributed by atoms with Gasteiger partial charge in [0.2, 0.25) is 0 Å². The molecule has 0 spiro atoms. The summed E-state index contributed by atoms with van der Waals surface area (Å²) in [6.07, 6.45) is 2.07. The van der Waals surface area contributed by atoms with Crippen LogP contribution in [0, 0.1) is 12.7 Å². The minimum absolute atomic E-state index is 0.256. The van der Waals surface area contributed by atoms with E-state index < -0.39 is 11.5 Å². The quantitative estimate of drug-likeness (QED) is 0.802. The van der Waals surface area contributed by atoms with Crippen molar-refractivity contribution in [3.8, 4) is 0 Å². The first kappa shape index (κ1) is 10.6. The van der Waals surface area contributed by atoms with E-state index in [2.05, 4.69) is 6.92 Å². The van der Waals surface area contributed by atoms with E-state index in [-0.39, 0.29) is 5.56 Å². The number of halogens is 1. The van der Waals surface area contributed by atoms with Crippen molar-refractivity contribution >= 4 is 0 Å². The lowest BCUT2D eigenvalue weighted by Crippen LogP contribution is -2.42. The molecule has 81 valence electrons. The Morgan fingerprint density at radius 2 is 1.87 bits per heavy atom. The van der Waals surface area contributed by atoms with Crippen LogP contribution in [-0.2, 0) is 5.72 Å². The number of hydrogen-bond donors (Lipinski definition) is 1. The molecule has 3 heteroatoms. The van der Waals surface area contributed by atoms with E-state index in [0.717, 1.165) is 25.9 Å². The van der Waals surface area contributed by atoms with Crippen LogP contribution in [0.15, 0.2) is 24.3 Å². The van der Waals surface area contributed by atoms with Gasteiger partial charge >= 0.3 is 0 Å². The van der Waals surface area contributed by atoms with Crippen LogP contribution in [0.3, 0.4) is 0 Å². The minimum atomic E-state index is -1.43. The van der Waals surface area contributed by atoms with Crippen molar-refractivity contribution in [1.29, 1.82) is 0 Å². The van der Waals surface area contributed by atoms with E-state index in [1.54, 1.807) is 18.2 Å². The molecule has 15 heavy (non-hydrogen) atoms. The van der Waals surface area contributed by atoms with Gasteiger partial charge in [0, 0.05) is 18.7 Å². The van der Waals surface area contributed by atoms with E-state index in [1.165, 1.54) is 6.07 Å². The van der Waals surface area contributed by atoms with Crippen molar-refractivity contribution in [3.05, 3.63) is 42.6 Å². The molecule has 1 atom stereocenters. The average molecular weight is 208 g/mol. The molecule has 1 aromatic carbocycles. The van der Waals surface area contributed by atoms with Crippen LogP contribution in [0.1, 0.15) is 18.4 Å². The van der Waals surface area contributed by atoms with E-state index in [0.29, 0.717) is 0 Å². The van der Waals surface area contributed by atoms with Gasteiger partial charge in [0.05, 0.1) is 0 Å². The van der Waals surface area contributed by atoms with Crippen LogP contribution in [-0.4, -0.2) is 23.1 Å². The maximum Gasteiger partial charge on any atom is 0.147 e. The lowest BCUT2D eigenvalue weighted by Gasteiger charge is -2.34. The molecule has 1 radical (unpaired) electrons. The number of benzene rings is 1. The summed E-state index contributed by atoms with van der Waals surface area (Å²) < 4.78 is 13.5. The third-order valence-electron chi connectivity index (χ3n) is 2.93. The molecule has 1 heterocycles. The monoisotopic (exact) mass is 208 g/mol. The predicted octanol–water partition coefficient (Wildman–Crippen LogP) is 1.90. The molecule has 1 fully saturated rings. The highest BCUT2D eigenvalue weighted by atomic mass is 19.1. The molecule has 2 rings (SSSR count). The topological polar surface area (TPSA) is 23.5 Å². The van der Waals surface area contributed by atoms with Crippen LogP contribution in [0.25, 0.3) is 0 Å². The summed E-state index contributed by atoms with van der Waals surface area (Å²) in [5.41, 5.74) is -1.17. The molecular weight excluding hydrogens is 193 g/mol. The van der Waals surface area contributed by atoms with Crippen LogP contribution in [0.2, 0.25) is 0 Å². The Hall–Kier alpha value is -0.930. The fraction of sp³-hybridized carbons (Fsp3) is 0.417. The van der Waals surface area contributed by atoms with Crippen molar-refractivity contribution in [2.24, 2.45) is 0 Å². The molecule has 0 amide bonds. The van der Waals surface area contributed by atoms with E-state index in [1.807, 2.05) is 4.90 Å². The van der Waals surface area contributed by atoms with Gasteiger partial charge in [0.25, 0.3) is 0 Å². The molecule has 1 N–H and O–H groups in total. The molecule has 0 aromatic heterocycles. The van der Waals surface area contributed by atoms with Crippen molar-refractivity contribution in [2.45, 2.75) is 18.6 Å². The van der Waals surface area contributed by atoms with Gasteiger partial charge in [0.15, 0.2) is 0 Å². The summed E-state index contributed by atoms with van der Waals surface area (Å²) in [5, 5.41) is 10.2. The largest absolute Gasteiger partial charge is 0.371 e. The Morgan fingerprint density at radius 3 is 2.47 bits per heavy atom. The van der Waals surface area contributed by atoms with Crippen LogP contribution >= 0.6 is 0 Å². The zero-order valence-corrected chi connectivity index (χ0v) is 8.62. The first-order valence-corrected chi connectivity index (χ1v) is 5.20. The Kier molecular flexibility index (Phi) is 2.76. The van der Waals surface area contributed by atoms with Gasteiger partial charge in [-0.15, -0.1) is 0 Å². The Balaban J connectivity index is 2.31. The molecule has 1 aliphatic heterocycles. The smallest absolute Gasteiger partial charge is 0.147 e. The third kappa shape index (κ3) is 1.90. The van der Waals surface area contributed by atoms with Gasteiger partial charge in [0.1, 0.15) is 11.5 Å². The molecule has 0 bridgehead atoms. The first-order chi connectivity index (χ1) is 7.12. The molecular formula is C12H15FNO. The highest BCUT2D eigenvalue weighted by Crippen LogP contribution is 2.29. The summed E-state index contributed by atoms with van der Waals surface area (Å²) in [4.78, 5) is 1.81. The Bertz CT molecular complexity index is 345. The predicted molar refractivity (Wildman–Crippen MR) is 56.5 cm³/mol. The van der Waals surface area contributed by atoms with Crippen molar-refractivity contribution in [3.63, 3.8) is 0 Å². The van der Waals surface area contributed by atoms with Gasteiger partial charge in [-0.1, -0.05) is 18.2 Å². The van der Waals surface area contributed by atoms with Gasteiger partial charge in [-0.25, -0.2) is 4.39 Å². The SMILES string of the molecule is [CH2][C@](O)(c1ccccc1F)N1CCCC1. The highest BCUT2D eigenvalue weighted by molar-refractivity contribution is 5.25. The Morgan fingerprint density at radius 1 is 1.27 bits per heavy atom. The number of hydrogen-bond acceptors (Lipinski definition) is 2. The standard InChI is InChI=1S/C12H15FNO/c1-12(15,14-8-4-5-9-14)10-6-2-3-7-11(10)13/h2-3,6-7,15H,1,4-5,8-9H2/t12-/m0/s1.